The lowest BCUT2D eigenvalue weighted by molar-refractivity contribution is 0.230. The van der Waals surface area contributed by atoms with Gasteiger partial charge in [0.2, 0.25) is 0 Å². The van der Waals surface area contributed by atoms with E-state index in [1.165, 1.54) is 0 Å². The molecule has 0 heterocycles. The molecule has 2 rings (SSSR count). The number of benzene rings is 2. The second-order valence-electron chi connectivity index (χ2n) is 5.98. The lowest BCUT2D eigenvalue weighted by Crippen LogP contribution is -2.34. The van der Waals surface area contributed by atoms with E-state index in [1.807, 2.05) is 37.3 Å². The van der Waals surface area contributed by atoms with Gasteiger partial charge >= 0.3 is 0 Å². The van der Waals surface area contributed by atoms with E-state index in [4.69, 9.17) is 31.5 Å². The first-order valence-electron chi connectivity index (χ1n) is 8.68. The number of nitrogens with zero attached hydrogens (tertiary/aromatic N) is 1. The van der Waals surface area contributed by atoms with Crippen LogP contribution in [0.3, 0.4) is 0 Å². The third kappa shape index (κ3) is 6.90. The van der Waals surface area contributed by atoms with E-state index < -0.39 is 0 Å². The topological polar surface area (TPSA) is 78.1 Å². The summed E-state index contributed by atoms with van der Waals surface area (Å²) < 4.78 is 16.3. The molecule has 0 radical (unpaired) electrons. The van der Waals surface area contributed by atoms with Crippen molar-refractivity contribution in [3.63, 3.8) is 0 Å². The van der Waals surface area contributed by atoms with Crippen LogP contribution >= 0.6 is 11.6 Å². The van der Waals surface area contributed by atoms with Crippen LogP contribution in [-0.4, -0.2) is 39.4 Å². The first-order valence-corrected chi connectivity index (χ1v) is 9.06. The minimum absolute atomic E-state index is 0.116. The monoisotopic (exact) mass is 391 g/mol. The minimum Gasteiger partial charge on any atom is -0.493 e. The number of hydrogen-bond donors (Lipinski definition) is 2. The molecule has 0 fully saturated rings. The van der Waals surface area contributed by atoms with Gasteiger partial charge in [-0.2, -0.15) is 0 Å². The molecule has 0 saturated carbocycles. The Morgan fingerprint density at radius 2 is 1.93 bits per heavy atom. The van der Waals surface area contributed by atoms with Crippen molar-refractivity contribution in [2.24, 2.45) is 10.7 Å². The van der Waals surface area contributed by atoms with Crippen LogP contribution in [0, 0.1) is 0 Å². The van der Waals surface area contributed by atoms with Gasteiger partial charge < -0.3 is 25.3 Å². The number of guanidine groups is 1. The van der Waals surface area contributed by atoms with E-state index in [-0.39, 0.29) is 6.10 Å². The molecule has 2 aromatic carbocycles. The molecule has 0 aliphatic heterocycles. The predicted octanol–water partition coefficient (Wildman–Crippen LogP) is 3.27. The number of methoxy groups -OCH3 is 2. The number of rotatable bonds is 9. The van der Waals surface area contributed by atoms with Crippen LogP contribution in [0.1, 0.15) is 12.5 Å². The summed E-state index contributed by atoms with van der Waals surface area (Å²) in [4.78, 5) is 4.32. The van der Waals surface area contributed by atoms with Crippen LogP contribution < -0.4 is 25.3 Å². The highest BCUT2D eigenvalue weighted by molar-refractivity contribution is 6.30. The molecule has 1 atom stereocenters. The van der Waals surface area contributed by atoms with Gasteiger partial charge in [0, 0.05) is 11.6 Å². The average Bonchev–Trinajstić information content (AvgIpc) is 2.66. The lowest BCUT2D eigenvalue weighted by atomic mass is 10.1. The molecule has 0 aliphatic rings. The molecule has 0 amide bonds. The average molecular weight is 392 g/mol. The number of nitrogens with two attached hydrogens (primary N) is 1. The fraction of sp³-hybridized carbons (Fsp3) is 0.350. The van der Waals surface area contributed by atoms with Gasteiger partial charge in [0.25, 0.3) is 0 Å². The second-order valence-corrected chi connectivity index (χ2v) is 6.41. The van der Waals surface area contributed by atoms with Gasteiger partial charge in [0.1, 0.15) is 11.9 Å². The maximum absolute atomic E-state index is 5.95. The van der Waals surface area contributed by atoms with E-state index in [0.717, 1.165) is 12.0 Å². The molecule has 0 bridgehead atoms. The zero-order valence-electron chi connectivity index (χ0n) is 15.9. The Labute approximate surface area is 165 Å². The van der Waals surface area contributed by atoms with Gasteiger partial charge in [-0.3, -0.25) is 0 Å². The fourth-order valence-electron chi connectivity index (χ4n) is 2.46. The Bertz CT molecular complexity index is 768. The zero-order chi connectivity index (χ0) is 19.6. The van der Waals surface area contributed by atoms with Crippen LogP contribution in [0.15, 0.2) is 47.5 Å². The van der Waals surface area contributed by atoms with Gasteiger partial charge in [-0.05, 0) is 49.2 Å². The van der Waals surface area contributed by atoms with Crippen molar-refractivity contribution < 1.29 is 14.2 Å². The zero-order valence-corrected chi connectivity index (χ0v) is 16.6. The first-order chi connectivity index (χ1) is 13.0. The van der Waals surface area contributed by atoms with Crippen molar-refractivity contribution >= 4 is 17.6 Å². The summed E-state index contributed by atoms with van der Waals surface area (Å²) in [5.41, 5.74) is 7.04. The lowest BCUT2D eigenvalue weighted by Gasteiger charge is -2.13. The van der Waals surface area contributed by atoms with Crippen molar-refractivity contribution in [1.82, 2.24) is 5.32 Å². The smallest absolute Gasteiger partial charge is 0.188 e. The molecule has 2 aromatic rings. The quantitative estimate of drug-likeness (QED) is 0.506. The summed E-state index contributed by atoms with van der Waals surface area (Å²) in [6.45, 7) is 3.04. The molecular weight excluding hydrogens is 366 g/mol. The van der Waals surface area contributed by atoms with Crippen LogP contribution in [0.25, 0.3) is 0 Å². The molecule has 7 heteroatoms. The van der Waals surface area contributed by atoms with E-state index in [0.29, 0.717) is 41.3 Å². The summed E-state index contributed by atoms with van der Waals surface area (Å²) >= 11 is 5.95. The maximum atomic E-state index is 5.95. The standard InChI is InChI=1S/C20H26ClN3O3/c1-14(27-17-6-4-5-16(21)12-17)13-24-20(22)23-10-9-15-7-8-18(25-2)19(11-15)26-3/h4-8,11-12,14H,9-10,13H2,1-3H3,(H3,22,23,24). The molecule has 146 valence electrons. The molecule has 0 aromatic heterocycles. The normalized spacial score (nSPS) is 12.4. The van der Waals surface area contributed by atoms with E-state index >= 15 is 0 Å². The van der Waals surface area contributed by atoms with Gasteiger partial charge in [-0.1, -0.05) is 23.7 Å². The predicted molar refractivity (Wildman–Crippen MR) is 109 cm³/mol. The van der Waals surface area contributed by atoms with Gasteiger partial charge in [0.05, 0.1) is 20.8 Å². The number of aliphatic imine (C=N–C) groups is 1. The van der Waals surface area contributed by atoms with Crippen LogP contribution in [-0.2, 0) is 6.42 Å². The van der Waals surface area contributed by atoms with Gasteiger partial charge in [-0.15, -0.1) is 0 Å². The second kappa shape index (κ2) is 10.5. The molecular formula is C20H26ClN3O3. The summed E-state index contributed by atoms with van der Waals surface area (Å²) in [5.74, 6) is 2.52. The summed E-state index contributed by atoms with van der Waals surface area (Å²) in [6, 6.07) is 13.1. The summed E-state index contributed by atoms with van der Waals surface area (Å²) in [6.07, 6.45) is 0.667. The van der Waals surface area contributed by atoms with Gasteiger partial charge in [-0.25, -0.2) is 4.99 Å². The Balaban J connectivity index is 1.77. The summed E-state index contributed by atoms with van der Waals surface area (Å²) in [5, 5.41) is 3.74. The molecule has 6 nitrogen and oxygen atoms in total. The highest BCUT2D eigenvalue weighted by Crippen LogP contribution is 2.27. The summed E-state index contributed by atoms with van der Waals surface area (Å²) in [7, 11) is 3.24. The number of nitrogens with one attached hydrogen (secondary N) is 1. The maximum Gasteiger partial charge on any atom is 0.188 e. The minimum atomic E-state index is -0.116. The molecule has 27 heavy (non-hydrogen) atoms. The number of hydrogen-bond acceptors (Lipinski definition) is 4. The van der Waals surface area contributed by atoms with Crippen molar-refractivity contribution in [2.45, 2.75) is 19.4 Å². The molecule has 3 N–H and O–H groups in total. The SMILES string of the molecule is COc1ccc(CCNC(N)=NCC(C)Oc2cccc(Cl)c2)cc1OC. The van der Waals surface area contributed by atoms with E-state index in [9.17, 15) is 0 Å². The van der Waals surface area contributed by atoms with Crippen molar-refractivity contribution in [3.8, 4) is 17.2 Å². The molecule has 0 saturated heterocycles. The molecule has 0 spiro atoms. The van der Waals surface area contributed by atoms with Crippen molar-refractivity contribution in [3.05, 3.63) is 53.1 Å². The van der Waals surface area contributed by atoms with Crippen molar-refractivity contribution in [2.75, 3.05) is 27.3 Å². The Morgan fingerprint density at radius 3 is 2.63 bits per heavy atom. The number of ether oxygens (including phenoxy) is 3. The Morgan fingerprint density at radius 1 is 1.15 bits per heavy atom. The fourth-order valence-corrected chi connectivity index (χ4v) is 2.64. The Hall–Kier alpha value is -2.60. The largest absolute Gasteiger partial charge is 0.493 e. The van der Waals surface area contributed by atoms with Crippen LogP contribution in [0.4, 0.5) is 0 Å². The van der Waals surface area contributed by atoms with E-state index in [1.54, 1.807) is 26.4 Å². The number of halogens is 1. The molecule has 1 unspecified atom stereocenters. The Kier molecular flexibility index (Phi) is 8.07. The third-order valence-electron chi connectivity index (χ3n) is 3.82. The van der Waals surface area contributed by atoms with Crippen LogP contribution in [0.2, 0.25) is 5.02 Å². The van der Waals surface area contributed by atoms with E-state index in [2.05, 4.69) is 10.3 Å². The van der Waals surface area contributed by atoms with Gasteiger partial charge in [0.15, 0.2) is 17.5 Å². The highest BCUT2D eigenvalue weighted by atomic mass is 35.5. The third-order valence-corrected chi connectivity index (χ3v) is 4.05. The molecule has 0 aliphatic carbocycles. The van der Waals surface area contributed by atoms with Crippen molar-refractivity contribution in [1.29, 1.82) is 0 Å². The van der Waals surface area contributed by atoms with Crippen LogP contribution in [0.5, 0.6) is 17.2 Å². The first kappa shape index (κ1) is 20.7. The highest BCUT2D eigenvalue weighted by Gasteiger charge is 2.06.